The molecule has 0 spiro atoms. The van der Waals surface area contributed by atoms with E-state index in [-0.39, 0.29) is 18.0 Å². The minimum atomic E-state index is -0.483. The molecule has 0 aliphatic heterocycles. The SMILES string of the molecule is CCOC(=O)c1cnc(-c2ccc([N+](=O)[O-])cc2)[nH]1. The van der Waals surface area contributed by atoms with Crippen molar-refractivity contribution in [1.29, 1.82) is 0 Å². The molecule has 0 aliphatic carbocycles. The van der Waals surface area contributed by atoms with E-state index >= 15 is 0 Å². The van der Waals surface area contributed by atoms with Crippen LogP contribution in [0.2, 0.25) is 0 Å². The second kappa shape index (κ2) is 5.30. The van der Waals surface area contributed by atoms with E-state index in [1.807, 2.05) is 0 Å². The number of hydrogen-bond acceptors (Lipinski definition) is 5. The Morgan fingerprint density at radius 3 is 2.68 bits per heavy atom. The summed E-state index contributed by atoms with van der Waals surface area (Å²) in [6, 6.07) is 5.88. The fraction of sp³-hybridized carbons (Fsp3) is 0.167. The molecule has 2 rings (SSSR count). The molecule has 0 atom stereocenters. The molecule has 0 fully saturated rings. The van der Waals surface area contributed by atoms with Crippen molar-refractivity contribution in [3.8, 4) is 11.4 Å². The van der Waals surface area contributed by atoms with Crippen molar-refractivity contribution in [1.82, 2.24) is 9.97 Å². The molecule has 0 bridgehead atoms. The number of non-ortho nitro benzene ring substituents is 1. The van der Waals surface area contributed by atoms with E-state index in [9.17, 15) is 14.9 Å². The first-order valence-electron chi connectivity index (χ1n) is 5.58. The van der Waals surface area contributed by atoms with Crippen molar-refractivity contribution in [2.75, 3.05) is 6.61 Å². The van der Waals surface area contributed by atoms with Gasteiger partial charge in [0, 0.05) is 17.7 Å². The number of nitrogens with one attached hydrogen (secondary N) is 1. The van der Waals surface area contributed by atoms with E-state index in [0.717, 1.165) is 0 Å². The highest BCUT2D eigenvalue weighted by molar-refractivity contribution is 5.87. The molecular weight excluding hydrogens is 250 g/mol. The molecule has 0 unspecified atom stereocenters. The Morgan fingerprint density at radius 2 is 2.11 bits per heavy atom. The lowest BCUT2D eigenvalue weighted by molar-refractivity contribution is -0.384. The van der Waals surface area contributed by atoms with Gasteiger partial charge < -0.3 is 9.72 Å². The van der Waals surface area contributed by atoms with E-state index in [2.05, 4.69) is 9.97 Å². The zero-order valence-corrected chi connectivity index (χ0v) is 10.1. The van der Waals surface area contributed by atoms with Gasteiger partial charge in [-0.3, -0.25) is 10.1 Å². The lowest BCUT2D eigenvalue weighted by atomic mass is 10.2. The van der Waals surface area contributed by atoms with Crippen molar-refractivity contribution in [2.45, 2.75) is 6.92 Å². The van der Waals surface area contributed by atoms with Gasteiger partial charge in [-0.2, -0.15) is 0 Å². The number of aromatic amines is 1. The van der Waals surface area contributed by atoms with Gasteiger partial charge in [-0.15, -0.1) is 0 Å². The Labute approximate surface area is 108 Å². The summed E-state index contributed by atoms with van der Waals surface area (Å²) < 4.78 is 4.83. The number of carbonyl (C=O) groups excluding carboxylic acids is 1. The van der Waals surface area contributed by atoms with Gasteiger partial charge in [0.25, 0.3) is 5.69 Å². The summed E-state index contributed by atoms with van der Waals surface area (Å²) in [5.41, 5.74) is 0.900. The third-order valence-electron chi connectivity index (χ3n) is 2.42. The molecule has 0 aliphatic rings. The Bertz CT molecular complexity index is 604. The maximum atomic E-state index is 11.4. The second-order valence-corrected chi connectivity index (χ2v) is 3.67. The maximum Gasteiger partial charge on any atom is 0.356 e. The first-order chi connectivity index (χ1) is 9.11. The van der Waals surface area contributed by atoms with Crippen molar-refractivity contribution in [3.05, 3.63) is 46.3 Å². The third kappa shape index (κ3) is 2.76. The molecule has 1 heterocycles. The standard InChI is InChI=1S/C12H11N3O4/c1-2-19-12(16)10-7-13-11(14-10)8-3-5-9(6-4-8)15(17)18/h3-7H,2H2,1H3,(H,13,14). The number of rotatable bonds is 4. The first kappa shape index (κ1) is 12.7. The molecule has 1 aromatic carbocycles. The molecule has 98 valence electrons. The molecule has 0 amide bonds. The van der Waals surface area contributed by atoms with Gasteiger partial charge in [0.1, 0.15) is 11.5 Å². The average Bonchev–Trinajstić information content (AvgIpc) is 2.89. The van der Waals surface area contributed by atoms with Crippen LogP contribution in [-0.4, -0.2) is 27.5 Å². The largest absolute Gasteiger partial charge is 0.461 e. The van der Waals surface area contributed by atoms with Crippen LogP contribution in [0.25, 0.3) is 11.4 Å². The van der Waals surface area contributed by atoms with Gasteiger partial charge in [0.2, 0.25) is 0 Å². The number of imidazole rings is 1. The number of hydrogen-bond donors (Lipinski definition) is 1. The van der Waals surface area contributed by atoms with Gasteiger partial charge >= 0.3 is 5.97 Å². The lowest BCUT2D eigenvalue weighted by Gasteiger charge is -1.98. The van der Waals surface area contributed by atoms with E-state index in [0.29, 0.717) is 11.4 Å². The number of nitro groups is 1. The van der Waals surface area contributed by atoms with Gasteiger partial charge in [-0.1, -0.05) is 0 Å². The highest BCUT2D eigenvalue weighted by Gasteiger charge is 2.12. The first-order valence-corrected chi connectivity index (χ1v) is 5.58. The molecule has 7 nitrogen and oxygen atoms in total. The lowest BCUT2D eigenvalue weighted by Crippen LogP contribution is -2.04. The van der Waals surface area contributed by atoms with Crippen LogP contribution in [0.1, 0.15) is 17.4 Å². The molecule has 0 saturated carbocycles. The number of ether oxygens (including phenoxy) is 1. The second-order valence-electron chi connectivity index (χ2n) is 3.67. The van der Waals surface area contributed by atoms with Crippen LogP contribution < -0.4 is 0 Å². The molecule has 7 heteroatoms. The summed E-state index contributed by atoms with van der Waals surface area (Å²) in [5.74, 6) is -0.0267. The van der Waals surface area contributed by atoms with E-state index in [1.165, 1.54) is 18.3 Å². The smallest absolute Gasteiger partial charge is 0.356 e. The number of carbonyl (C=O) groups is 1. The number of nitro benzene ring substituents is 1. The normalized spacial score (nSPS) is 10.2. The Kier molecular flexibility index (Phi) is 3.56. The molecule has 19 heavy (non-hydrogen) atoms. The third-order valence-corrected chi connectivity index (χ3v) is 2.42. The highest BCUT2D eigenvalue weighted by Crippen LogP contribution is 2.19. The zero-order chi connectivity index (χ0) is 13.8. The Balaban J connectivity index is 2.23. The van der Waals surface area contributed by atoms with Gasteiger partial charge in [-0.05, 0) is 19.1 Å². The minimum Gasteiger partial charge on any atom is -0.461 e. The van der Waals surface area contributed by atoms with Crippen molar-refractivity contribution < 1.29 is 14.5 Å². The van der Waals surface area contributed by atoms with Gasteiger partial charge in [-0.25, -0.2) is 9.78 Å². The molecular formula is C12H11N3O4. The predicted octanol–water partition coefficient (Wildman–Crippen LogP) is 2.16. The molecule has 0 radical (unpaired) electrons. The van der Waals surface area contributed by atoms with Gasteiger partial charge in [0.15, 0.2) is 0 Å². The summed E-state index contributed by atoms with van der Waals surface area (Å²) in [5, 5.41) is 10.5. The summed E-state index contributed by atoms with van der Waals surface area (Å²) in [6.45, 7) is 2.00. The maximum absolute atomic E-state index is 11.4. The average molecular weight is 261 g/mol. The highest BCUT2D eigenvalue weighted by atomic mass is 16.6. The van der Waals surface area contributed by atoms with Crippen LogP contribution in [0.4, 0.5) is 5.69 Å². The van der Waals surface area contributed by atoms with Crippen LogP contribution in [0.3, 0.4) is 0 Å². The van der Waals surface area contributed by atoms with Gasteiger partial charge in [0.05, 0.1) is 17.7 Å². The van der Waals surface area contributed by atoms with E-state index < -0.39 is 10.9 Å². The molecule has 2 aromatic rings. The summed E-state index contributed by atoms with van der Waals surface area (Å²) in [7, 11) is 0. The van der Waals surface area contributed by atoms with Crippen LogP contribution in [0, 0.1) is 10.1 Å². The van der Waals surface area contributed by atoms with E-state index in [4.69, 9.17) is 4.74 Å². The summed E-state index contributed by atoms with van der Waals surface area (Å²) in [6.07, 6.45) is 1.37. The van der Waals surface area contributed by atoms with Crippen molar-refractivity contribution in [3.63, 3.8) is 0 Å². The minimum absolute atomic E-state index is 0.000854. The monoisotopic (exact) mass is 261 g/mol. The zero-order valence-electron chi connectivity index (χ0n) is 10.1. The Hall–Kier alpha value is -2.70. The predicted molar refractivity (Wildman–Crippen MR) is 66.6 cm³/mol. The molecule has 1 aromatic heterocycles. The van der Waals surface area contributed by atoms with Crippen molar-refractivity contribution >= 4 is 11.7 Å². The fourth-order valence-electron chi connectivity index (χ4n) is 1.52. The van der Waals surface area contributed by atoms with Crippen molar-refractivity contribution in [2.24, 2.45) is 0 Å². The quantitative estimate of drug-likeness (QED) is 0.516. The fourth-order valence-corrected chi connectivity index (χ4v) is 1.52. The molecule has 1 N–H and O–H groups in total. The Morgan fingerprint density at radius 1 is 1.42 bits per heavy atom. The number of H-pyrrole nitrogens is 1. The van der Waals surface area contributed by atoms with E-state index in [1.54, 1.807) is 19.1 Å². The summed E-state index contributed by atoms with van der Waals surface area (Å²) >= 11 is 0. The number of nitrogens with zero attached hydrogens (tertiary/aromatic N) is 2. The number of aromatic nitrogens is 2. The van der Waals surface area contributed by atoms with Crippen LogP contribution in [-0.2, 0) is 4.74 Å². The van der Waals surface area contributed by atoms with Crippen LogP contribution >= 0.6 is 0 Å². The summed E-state index contributed by atoms with van der Waals surface area (Å²) in [4.78, 5) is 28.4. The van der Waals surface area contributed by atoms with Crippen LogP contribution in [0.5, 0.6) is 0 Å². The number of esters is 1. The van der Waals surface area contributed by atoms with Crippen LogP contribution in [0.15, 0.2) is 30.5 Å². The molecule has 0 saturated heterocycles. The number of benzene rings is 1. The topological polar surface area (TPSA) is 98.1 Å².